The summed E-state index contributed by atoms with van der Waals surface area (Å²) >= 11 is 0. The molecule has 1 aliphatic heterocycles. The first-order valence-electron chi connectivity index (χ1n) is 5.70. The molecule has 0 amide bonds. The van der Waals surface area contributed by atoms with E-state index in [9.17, 15) is 0 Å². The predicted molar refractivity (Wildman–Crippen MR) is 58.8 cm³/mol. The van der Waals surface area contributed by atoms with Gasteiger partial charge in [-0.15, -0.1) is 0 Å². The fourth-order valence-corrected chi connectivity index (χ4v) is 3.66. The summed E-state index contributed by atoms with van der Waals surface area (Å²) in [7, 11) is -0.790. The first-order chi connectivity index (χ1) is 6.04. The zero-order valence-electron chi connectivity index (χ0n) is 9.18. The maximum Gasteiger partial charge on any atom is 0.0844 e. The van der Waals surface area contributed by atoms with Gasteiger partial charge in [0.05, 0.1) is 12.2 Å². The molecule has 3 unspecified atom stereocenters. The van der Waals surface area contributed by atoms with Crippen molar-refractivity contribution >= 4 is 8.07 Å². The van der Waals surface area contributed by atoms with Gasteiger partial charge < -0.3 is 4.74 Å². The van der Waals surface area contributed by atoms with Gasteiger partial charge >= 0.3 is 0 Å². The van der Waals surface area contributed by atoms with Gasteiger partial charge in [0, 0.05) is 8.07 Å². The Labute approximate surface area is 82.9 Å². The van der Waals surface area contributed by atoms with Crippen molar-refractivity contribution in [3.63, 3.8) is 0 Å². The summed E-state index contributed by atoms with van der Waals surface area (Å²) in [6.45, 7) is 7.44. The lowest BCUT2D eigenvalue weighted by Crippen LogP contribution is -2.22. The minimum Gasteiger partial charge on any atom is -0.370 e. The molecule has 76 valence electrons. The van der Waals surface area contributed by atoms with Crippen LogP contribution in [-0.2, 0) is 4.74 Å². The van der Waals surface area contributed by atoms with E-state index in [0.29, 0.717) is 12.2 Å². The van der Waals surface area contributed by atoms with Crippen LogP contribution in [0.5, 0.6) is 0 Å². The molecule has 2 heteroatoms. The van der Waals surface area contributed by atoms with Crippen LogP contribution >= 0.6 is 0 Å². The molecule has 0 radical (unpaired) electrons. The lowest BCUT2D eigenvalue weighted by atomic mass is 9.88. The van der Waals surface area contributed by atoms with Gasteiger partial charge in [0.25, 0.3) is 0 Å². The van der Waals surface area contributed by atoms with Crippen LogP contribution in [0.4, 0.5) is 0 Å². The topological polar surface area (TPSA) is 12.5 Å². The van der Waals surface area contributed by atoms with Crippen molar-refractivity contribution in [1.82, 2.24) is 0 Å². The Morgan fingerprint density at radius 1 is 1.15 bits per heavy atom. The van der Waals surface area contributed by atoms with Gasteiger partial charge in [0.1, 0.15) is 0 Å². The molecule has 1 saturated heterocycles. The first-order valence-corrected chi connectivity index (χ1v) is 9.41. The lowest BCUT2D eigenvalue weighted by Gasteiger charge is -2.23. The zero-order chi connectivity index (χ0) is 9.47. The van der Waals surface area contributed by atoms with Crippen molar-refractivity contribution in [3.05, 3.63) is 0 Å². The Bertz CT molecular complexity index is 185. The Hall–Kier alpha value is 0.177. The number of hydrogen-bond donors (Lipinski definition) is 0. The summed E-state index contributed by atoms with van der Waals surface area (Å²) in [5.41, 5.74) is 0. The maximum atomic E-state index is 5.55. The highest BCUT2D eigenvalue weighted by Gasteiger charge is 2.43. The van der Waals surface area contributed by atoms with E-state index in [4.69, 9.17) is 4.74 Å². The molecule has 1 heterocycles. The second kappa shape index (κ2) is 3.39. The summed E-state index contributed by atoms with van der Waals surface area (Å²) in [5, 5.41) is 0. The number of ether oxygens (including phenoxy) is 1. The maximum absolute atomic E-state index is 5.55. The number of epoxide rings is 1. The third kappa shape index (κ3) is 2.81. The SMILES string of the molecule is C[Si](C)(C)CCC1CCC2OC2C1. The minimum atomic E-state index is -0.790. The molecule has 0 aromatic heterocycles. The van der Waals surface area contributed by atoms with E-state index in [1.54, 1.807) is 0 Å². The van der Waals surface area contributed by atoms with Crippen molar-refractivity contribution in [1.29, 1.82) is 0 Å². The van der Waals surface area contributed by atoms with Crippen LogP contribution in [0, 0.1) is 5.92 Å². The summed E-state index contributed by atoms with van der Waals surface area (Å²) in [5.74, 6) is 0.996. The van der Waals surface area contributed by atoms with E-state index in [1.807, 2.05) is 0 Å². The molecule has 2 fully saturated rings. The Kier molecular flexibility index (Phi) is 2.54. The largest absolute Gasteiger partial charge is 0.370 e. The monoisotopic (exact) mass is 198 g/mol. The van der Waals surface area contributed by atoms with Gasteiger partial charge in [-0.1, -0.05) is 32.1 Å². The van der Waals surface area contributed by atoms with Crippen LogP contribution in [0.2, 0.25) is 25.7 Å². The average Bonchev–Trinajstić information content (AvgIpc) is 2.76. The molecule has 2 aliphatic rings. The fraction of sp³-hybridized carbons (Fsp3) is 1.00. The second-order valence-corrected chi connectivity index (χ2v) is 11.6. The molecule has 1 saturated carbocycles. The molecule has 1 nitrogen and oxygen atoms in total. The summed E-state index contributed by atoms with van der Waals surface area (Å²) in [6.07, 6.45) is 6.99. The average molecular weight is 198 g/mol. The first kappa shape index (κ1) is 9.72. The van der Waals surface area contributed by atoms with E-state index >= 15 is 0 Å². The highest BCUT2D eigenvalue weighted by molar-refractivity contribution is 6.76. The van der Waals surface area contributed by atoms with E-state index in [-0.39, 0.29) is 0 Å². The summed E-state index contributed by atoms with van der Waals surface area (Å²) in [6, 6.07) is 1.51. The van der Waals surface area contributed by atoms with Crippen LogP contribution in [0.3, 0.4) is 0 Å². The van der Waals surface area contributed by atoms with Gasteiger partial charge in [-0.3, -0.25) is 0 Å². The molecule has 0 aromatic carbocycles. The van der Waals surface area contributed by atoms with Crippen LogP contribution < -0.4 is 0 Å². The summed E-state index contributed by atoms with van der Waals surface area (Å²) < 4.78 is 5.55. The van der Waals surface area contributed by atoms with Gasteiger partial charge in [0.2, 0.25) is 0 Å². The van der Waals surface area contributed by atoms with Crippen LogP contribution in [0.15, 0.2) is 0 Å². The van der Waals surface area contributed by atoms with Gasteiger partial charge in [0.15, 0.2) is 0 Å². The van der Waals surface area contributed by atoms with E-state index in [2.05, 4.69) is 19.6 Å². The van der Waals surface area contributed by atoms with Crippen LogP contribution in [-0.4, -0.2) is 20.3 Å². The number of rotatable bonds is 3. The normalized spacial score (nSPS) is 38.5. The number of fused-ring (bicyclic) bond motifs is 1. The van der Waals surface area contributed by atoms with Crippen molar-refractivity contribution in [2.75, 3.05) is 0 Å². The highest BCUT2D eigenvalue weighted by Crippen LogP contribution is 2.41. The van der Waals surface area contributed by atoms with Crippen molar-refractivity contribution in [2.45, 2.75) is 63.6 Å². The predicted octanol–water partition coefficient (Wildman–Crippen LogP) is 3.28. The van der Waals surface area contributed by atoms with Gasteiger partial charge in [-0.05, 0) is 25.2 Å². The van der Waals surface area contributed by atoms with Crippen molar-refractivity contribution < 1.29 is 4.74 Å². The molecule has 13 heavy (non-hydrogen) atoms. The Balaban J connectivity index is 1.70. The van der Waals surface area contributed by atoms with Gasteiger partial charge in [-0.25, -0.2) is 0 Å². The van der Waals surface area contributed by atoms with Crippen LogP contribution in [0.1, 0.15) is 25.7 Å². The lowest BCUT2D eigenvalue weighted by molar-refractivity contribution is 0.357. The molecule has 0 spiro atoms. The van der Waals surface area contributed by atoms with Gasteiger partial charge in [-0.2, -0.15) is 0 Å². The molecule has 0 aromatic rings. The second-order valence-electron chi connectivity index (χ2n) is 5.99. The highest BCUT2D eigenvalue weighted by atomic mass is 28.3. The van der Waals surface area contributed by atoms with Crippen molar-refractivity contribution in [3.8, 4) is 0 Å². The molecule has 0 bridgehead atoms. The molecule has 1 aliphatic carbocycles. The molecule has 3 atom stereocenters. The Morgan fingerprint density at radius 3 is 2.54 bits per heavy atom. The van der Waals surface area contributed by atoms with E-state index < -0.39 is 8.07 Å². The molecular formula is C11H22OSi. The summed E-state index contributed by atoms with van der Waals surface area (Å²) in [4.78, 5) is 0. The molecule has 2 rings (SSSR count). The Morgan fingerprint density at radius 2 is 1.92 bits per heavy atom. The van der Waals surface area contributed by atoms with E-state index in [0.717, 1.165) is 5.92 Å². The quantitative estimate of drug-likeness (QED) is 0.501. The zero-order valence-corrected chi connectivity index (χ0v) is 10.2. The molecular weight excluding hydrogens is 176 g/mol. The fourth-order valence-electron chi connectivity index (χ4n) is 2.39. The smallest absolute Gasteiger partial charge is 0.0844 e. The third-order valence-corrected chi connectivity index (χ3v) is 5.20. The van der Waals surface area contributed by atoms with Crippen LogP contribution in [0.25, 0.3) is 0 Å². The number of hydrogen-bond acceptors (Lipinski definition) is 1. The van der Waals surface area contributed by atoms with Crippen molar-refractivity contribution in [2.24, 2.45) is 5.92 Å². The molecule has 0 N–H and O–H groups in total. The minimum absolute atomic E-state index is 0.681. The standard InChI is InChI=1S/C11H22OSi/c1-13(2,3)7-6-9-4-5-10-11(8-9)12-10/h9-11H,4-8H2,1-3H3. The van der Waals surface area contributed by atoms with E-state index in [1.165, 1.54) is 31.7 Å². The third-order valence-electron chi connectivity index (χ3n) is 3.42.